The Bertz CT molecular complexity index is 41.9. The van der Waals surface area contributed by atoms with Crippen LogP contribution < -0.4 is 0 Å². The fourth-order valence-electron chi connectivity index (χ4n) is 0.215. The van der Waals surface area contributed by atoms with Crippen LogP contribution >= 0.6 is 11.5 Å². The fraction of sp³-hybridized carbons (Fsp3) is 1.00. The average Bonchev–Trinajstić information content (AvgIpc) is 1.61. The van der Waals surface area contributed by atoms with Crippen molar-refractivity contribution in [3.8, 4) is 0 Å². The Labute approximate surface area is 48.5 Å². The van der Waals surface area contributed by atoms with Crippen LogP contribution in [0.1, 0.15) is 13.3 Å². The Morgan fingerprint density at radius 1 is 1.86 bits per heavy atom. The van der Waals surface area contributed by atoms with E-state index in [1.807, 2.05) is 6.92 Å². The maximum absolute atomic E-state index is 8.23. The first-order chi connectivity index (χ1) is 3.27. The molecular weight excluding hydrogens is 114 g/mol. The minimum Gasteiger partial charge on any atom is -0.413 e. The Morgan fingerprint density at radius 3 is 2.57 bits per heavy atom. The Morgan fingerprint density at radius 2 is 2.43 bits per heavy atom. The lowest BCUT2D eigenvalue weighted by Crippen LogP contribution is -2.09. The van der Waals surface area contributed by atoms with Crippen LogP contribution in [0.15, 0.2) is 0 Å². The van der Waals surface area contributed by atoms with Gasteiger partial charge in [0.15, 0.2) is 0 Å². The van der Waals surface area contributed by atoms with Crippen LogP contribution in [-0.2, 0) is 4.65 Å². The molecule has 0 heterocycles. The highest BCUT2D eigenvalue weighted by atomic mass is 35.5. The third kappa shape index (κ3) is 6.27. The third-order valence-electron chi connectivity index (χ3n) is 0.460. The molecule has 0 saturated carbocycles. The minimum absolute atomic E-state index is 0.519. The van der Waals surface area contributed by atoms with E-state index >= 15 is 0 Å². The maximum Gasteiger partial charge on any atom is 0.568 e. The van der Waals surface area contributed by atoms with Crippen molar-refractivity contribution in [3.63, 3.8) is 0 Å². The van der Waals surface area contributed by atoms with E-state index in [-0.39, 0.29) is 0 Å². The highest BCUT2D eigenvalue weighted by molar-refractivity contribution is 6.98. The van der Waals surface area contributed by atoms with Gasteiger partial charge >= 0.3 is 6.53 Å². The minimum atomic E-state index is -1.13. The lowest BCUT2D eigenvalue weighted by Gasteiger charge is -1.95. The largest absolute Gasteiger partial charge is 0.568 e. The first-order valence-electron chi connectivity index (χ1n) is 2.21. The SMILES string of the molecule is CCCOB(O)Cl. The van der Waals surface area contributed by atoms with Gasteiger partial charge in [-0.3, -0.25) is 0 Å². The summed E-state index contributed by atoms with van der Waals surface area (Å²) in [6, 6.07) is 0. The molecule has 0 bridgehead atoms. The van der Waals surface area contributed by atoms with E-state index in [1.165, 1.54) is 0 Å². The molecule has 0 saturated heterocycles. The Balaban J connectivity index is 2.68. The van der Waals surface area contributed by atoms with Crippen LogP contribution in [0.25, 0.3) is 0 Å². The number of rotatable bonds is 3. The summed E-state index contributed by atoms with van der Waals surface area (Å²) in [7, 11) is 0. The summed E-state index contributed by atoms with van der Waals surface area (Å²) in [5.74, 6) is 0. The van der Waals surface area contributed by atoms with E-state index in [4.69, 9.17) is 16.5 Å². The molecule has 2 nitrogen and oxygen atoms in total. The van der Waals surface area contributed by atoms with Crippen molar-refractivity contribution in [3.05, 3.63) is 0 Å². The van der Waals surface area contributed by atoms with Crippen LogP contribution in [0.4, 0.5) is 0 Å². The predicted molar refractivity (Wildman–Crippen MR) is 30.1 cm³/mol. The van der Waals surface area contributed by atoms with E-state index in [9.17, 15) is 0 Å². The standard InChI is InChI=1S/C3H8BClO2/c1-2-3-7-4(5)6/h6H,2-3H2,1H3. The lowest BCUT2D eigenvalue weighted by atomic mass is 10.4. The van der Waals surface area contributed by atoms with Gasteiger partial charge in [0.05, 0.1) is 0 Å². The molecule has 42 valence electrons. The molecule has 0 aliphatic rings. The van der Waals surface area contributed by atoms with Crippen molar-refractivity contribution in [1.29, 1.82) is 0 Å². The van der Waals surface area contributed by atoms with Crippen LogP contribution in [0.2, 0.25) is 0 Å². The van der Waals surface area contributed by atoms with E-state index in [0.29, 0.717) is 6.61 Å². The molecule has 0 amide bonds. The summed E-state index contributed by atoms with van der Waals surface area (Å²) in [6.07, 6.45) is 0.879. The van der Waals surface area contributed by atoms with Gasteiger partial charge in [0, 0.05) is 6.61 Å². The summed E-state index contributed by atoms with van der Waals surface area (Å²) >= 11 is 4.99. The van der Waals surface area contributed by atoms with Crippen molar-refractivity contribution in [2.75, 3.05) is 6.61 Å². The summed E-state index contributed by atoms with van der Waals surface area (Å²) in [5.41, 5.74) is 0. The second kappa shape index (κ2) is 4.43. The van der Waals surface area contributed by atoms with Crippen LogP contribution in [0, 0.1) is 0 Å². The molecule has 4 heteroatoms. The smallest absolute Gasteiger partial charge is 0.413 e. The molecule has 0 fully saturated rings. The maximum atomic E-state index is 8.23. The molecular formula is C3H8BClO2. The van der Waals surface area contributed by atoms with Gasteiger partial charge in [0.1, 0.15) is 0 Å². The van der Waals surface area contributed by atoms with Gasteiger partial charge in [-0.1, -0.05) is 6.92 Å². The van der Waals surface area contributed by atoms with Crippen LogP contribution in [0.5, 0.6) is 0 Å². The van der Waals surface area contributed by atoms with Gasteiger partial charge in [0.25, 0.3) is 0 Å². The molecule has 0 radical (unpaired) electrons. The van der Waals surface area contributed by atoms with Crippen molar-refractivity contribution in [1.82, 2.24) is 0 Å². The zero-order valence-electron chi connectivity index (χ0n) is 4.22. The molecule has 0 aromatic carbocycles. The second-order valence-electron chi connectivity index (χ2n) is 1.16. The zero-order chi connectivity index (χ0) is 5.70. The monoisotopic (exact) mass is 122 g/mol. The Hall–Kier alpha value is 0.275. The molecule has 0 spiro atoms. The number of hydrogen-bond acceptors (Lipinski definition) is 2. The number of halogens is 1. The summed E-state index contributed by atoms with van der Waals surface area (Å²) in [5, 5.41) is 8.23. The fourth-order valence-corrected chi connectivity index (χ4v) is 0.304. The second-order valence-corrected chi connectivity index (χ2v) is 1.54. The summed E-state index contributed by atoms with van der Waals surface area (Å²) < 4.78 is 4.51. The van der Waals surface area contributed by atoms with Crippen LogP contribution in [-0.4, -0.2) is 18.2 Å². The molecule has 0 aromatic rings. The third-order valence-corrected chi connectivity index (χ3v) is 0.585. The van der Waals surface area contributed by atoms with E-state index in [2.05, 4.69) is 4.65 Å². The van der Waals surface area contributed by atoms with Crippen molar-refractivity contribution < 1.29 is 9.68 Å². The van der Waals surface area contributed by atoms with Gasteiger partial charge in [-0.25, -0.2) is 0 Å². The molecule has 0 rings (SSSR count). The predicted octanol–water partition coefficient (Wildman–Crippen LogP) is 0.629. The van der Waals surface area contributed by atoms with Gasteiger partial charge in [-0.15, -0.1) is 11.5 Å². The topological polar surface area (TPSA) is 29.5 Å². The molecule has 1 N–H and O–H groups in total. The summed E-state index contributed by atoms with van der Waals surface area (Å²) in [4.78, 5) is 0. The highest BCUT2D eigenvalue weighted by Gasteiger charge is 2.03. The van der Waals surface area contributed by atoms with E-state index in [0.717, 1.165) is 6.42 Å². The molecule has 0 atom stereocenters. The normalized spacial score (nSPS) is 9.00. The van der Waals surface area contributed by atoms with Crippen molar-refractivity contribution in [2.45, 2.75) is 13.3 Å². The highest BCUT2D eigenvalue weighted by Crippen LogP contribution is 1.86. The quantitative estimate of drug-likeness (QED) is 0.556. The van der Waals surface area contributed by atoms with E-state index < -0.39 is 6.53 Å². The number of hydrogen-bond donors (Lipinski definition) is 1. The lowest BCUT2D eigenvalue weighted by molar-refractivity contribution is 0.276. The first-order valence-corrected chi connectivity index (χ1v) is 2.64. The van der Waals surface area contributed by atoms with Gasteiger partial charge in [-0.2, -0.15) is 0 Å². The van der Waals surface area contributed by atoms with Gasteiger partial charge < -0.3 is 9.68 Å². The Kier molecular flexibility index (Phi) is 4.61. The van der Waals surface area contributed by atoms with Crippen molar-refractivity contribution in [2.24, 2.45) is 0 Å². The molecule has 0 aliphatic carbocycles. The first kappa shape index (κ1) is 7.27. The molecule has 0 unspecified atom stereocenters. The zero-order valence-corrected chi connectivity index (χ0v) is 4.98. The van der Waals surface area contributed by atoms with Crippen LogP contribution in [0.3, 0.4) is 0 Å². The van der Waals surface area contributed by atoms with Crippen molar-refractivity contribution >= 4 is 18.0 Å². The van der Waals surface area contributed by atoms with Gasteiger partial charge in [0.2, 0.25) is 0 Å². The molecule has 0 aliphatic heterocycles. The molecule has 7 heavy (non-hydrogen) atoms. The van der Waals surface area contributed by atoms with Gasteiger partial charge in [-0.05, 0) is 6.42 Å². The average molecular weight is 122 g/mol. The summed E-state index contributed by atoms with van der Waals surface area (Å²) in [6.45, 7) is 1.34. The molecule has 0 aromatic heterocycles. The van der Waals surface area contributed by atoms with E-state index in [1.54, 1.807) is 0 Å².